The second kappa shape index (κ2) is 8.34. The molecule has 6 heteroatoms. The number of amides is 1. The SMILES string of the molecule is C=CC(=O)c1cc(O[C@H]2CC[C@H](C(=O)N[C@]3(C(C)=O)C[C@@H]3C=C)C2)c2ccc(C)cc2n1. The van der Waals surface area contributed by atoms with E-state index in [2.05, 4.69) is 23.5 Å². The van der Waals surface area contributed by atoms with E-state index in [0.29, 0.717) is 30.5 Å². The molecule has 1 heterocycles. The highest BCUT2D eigenvalue weighted by Gasteiger charge is 2.58. The van der Waals surface area contributed by atoms with Crippen molar-refractivity contribution in [3.05, 3.63) is 60.8 Å². The molecule has 6 nitrogen and oxygen atoms in total. The van der Waals surface area contributed by atoms with Gasteiger partial charge in [-0.25, -0.2) is 4.98 Å². The van der Waals surface area contributed by atoms with Gasteiger partial charge in [-0.3, -0.25) is 14.4 Å². The van der Waals surface area contributed by atoms with Gasteiger partial charge in [-0.15, -0.1) is 6.58 Å². The Bertz CT molecular complexity index is 1140. The highest BCUT2D eigenvalue weighted by atomic mass is 16.5. The van der Waals surface area contributed by atoms with Crippen LogP contribution in [0.4, 0.5) is 0 Å². The Hall–Kier alpha value is -3.28. The minimum Gasteiger partial charge on any atom is -0.490 e. The highest BCUT2D eigenvalue weighted by Crippen LogP contribution is 2.45. The lowest BCUT2D eigenvalue weighted by atomic mass is 10.0. The van der Waals surface area contributed by atoms with Gasteiger partial charge in [0.15, 0.2) is 5.78 Å². The van der Waals surface area contributed by atoms with Crippen LogP contribution in [-0.4, -0.2) is 34.1 Å². The van der Waals surface area contributed by atoms with Crippen LogP contribution in [0.25, 0.3) is 10.9 Å². The summed E-state index contributed by atoms with van der Waals surface area (Å²) < 4.78 is 6.29. The number of aromatic nitrogens is 1. The normalized spacial score (nSPS) is 26.4. The fourth-order valence-corrected chi connectivity index (χ4v) is 4.63. The summed E-state index contributed by atoms with van der Waals surface area (Å²) in [6.07, 6.45) is 5.39. The molecule has 0 unspecified atom stereocenters. The van der Waals surface area contributed by atoms with E-state index in [1.807, 2.05) is 25.1 Å². The van der Waals surface area contributed by atoms with Crippen molar-refractivity contribution in [1.29, 1.82) is 0 Å². The van der Waals surface area contributed by atoms with Crippen molar-refractivity contribution in [2.24, 2.45) is 11.8 Å². The number of nitrogens with zero attached hydrogens (tertiary/aromatic N) is 1. The zero-order chi connectivity index (χ0) is 23.0. The van der Waals surface area contributed by atoms with Crippen molar-refractivity contribution in [3.8, 4) is 5.75 Å². The predicted molar refractivity (Wildman–Crippen MR) is 123 cm³/mol. The smallest absolute Gasteiger partial charge is 0.224 e. The molecule has 0 saturated heterocycles. The Labute approximate surface area is 187 Å². The number of carbonyl (C=O) groups is 3. The van der Waals surface area contributed by atoms with E-state index in [0.717, 1.165) is 17.4 Å². The zero-order valence-corrected chi connectivity index (χ0v) is 18.5. The molecule has 1 aromatic carbocycles. The van der Waals surface area contributed by atoms with Gasteiger partial charge in [-0.2, -0.15) is 0 Å². The number of fused-ring (bicyclic) bond motifs is 1. The Kier molecular flexibility index (Phi) is 5.71. The summed E-state index contributed by atoms with van der Waals surface area (Å²) in [6.45, 7) is 10.8. The van der Waals surface area contributed by atoms with Gasteiger partial charge in [0.2, 0.25) is 11.7 Å². The van der Waals surface area contributed by atoms with E-state index < -0.39 is 5.54 Å². The monoisotopic (exact) mass is 432 g/mol. The summed E-state index contributed by atoms with van der Waals surface area (Å²) in [5.41, 5.74) is 1.23. The number of benzene rings is 1. The number of carbonyl (C=O) groups excluding carboxylic acids is 3. The molecule has 0 aliphatic heterocycles. The minimum atomic E-state index is -0.781. The first kappa shape index (κ1) is 21.9. The van der Waals surface area contributed by atoms with Gasteiger partial charge in [0.1, 0.15) is 17.0 Å². The van der Waals surface area contributed by atoms with Gasteiger partial charge < -0.3 is 10.1 Å². The third kappa shape index (κ3) is 3.97. The maximum Gasteiger partial charge on any atom is 0.224 e. The van der Waals surface area contributed by atoms with Crippen molar-refractivity contribution < 1.29 is 19.1 Å². The Balaban J connectivity index is 1.50. The Morgan fingerprint density at radius 2 is 2.00 bits per heavy atom. The summed E-state index contributed by atoms with van der Waals surface area (Å²) in [7, 11) is 0. The standard InChI is InChI=1S/C26H28N2O4/c1-5-18-14-26(18,16(4)29)28-25(31)17-8-9-19(12-17)32-24-13-22(23(30)6-2)27-21-11-15(3)7-10-20(21)24/h5-7,10-11,13,17-19H,1-2,8-9,12,14H2,3-4H3,(H,28,31)/t17-,18-,19-,26-/m0/s1. The number of hydrogen-bond acceptors (Lipinski definition) is 5. The molecule has 0 spiro atoms. The summed E-state index contributed by atoms with van der Waals surface area (Å²) in [6, 6.07) is 7.48. The minimum absolute atomic E-state index is 0.00450. The molecular weight excluding hydrogens is 404 g/mol. The number of ether oxygens (including phenoxy) is 1. The van der Waals surface area contributed by atoms with Crippen molar-refractivity contribution >= 4 is 28.4 Å². The molecule has 0 bridgehead atoms. The first-order chi connectivity index (χ1) is 15.3. The number of aryl methyl sites for hydroxylation is 1. The second-order valence-corrected chi connectivity index (χ2v) is 8.91. The van der Waals surface area contributed by atoms with Crippen LogP contribution in [0, 0.1) is 18.8 Å². The molecule has 2 aliphatic carbocycles. The third-order valence-corrected chi connectivity index (χ3v) is 6.69. The number of nitrogens with one attached hydrogen (secondary N) is 1. The summed E-state index contributed by atoms with van der Waals surface area (Å²) in [5.74, 6) is -0.0253. The molecule has 1 N–H and O–H groups in total. The molecule has 1 aromatic heterocycles. The molecule has 32 heavy (non-hydrogen) atoms. The maximum atomic E-state index is 12.9. The van der Waals surface area contributed by atoms with Crippen LogP contribution >= 0.6 is 0 Å². The van der Waals surface area contributed by atoms with Gasteiger partial charge in [0.05, 0.1) is 11.6 Å². The van der Waals surface area contributed by atoms with E-state index in [1.54, 1.807) is 12.1 Å². The third-order valence-electron chi connectivity index (χ3n) is 6.69. The molecule has 4 rings (SSSR count). The van der Waals surface area contributed by atoms with E-state index in [9.17, 15) is 14.4 Å². The quantitative estimate of drug-likeness (QED) is 0.385. The van der Waals surface area contributed by atoms with Gasteiger partial charge in [0, 0.05) is 23.3 Å². The van der Waals surface area contributed by atoms with E-state index >= 15 is 0 Å². The van der Waals surface area contributed by atoms with E-state index in [-0.39, 0.29) is 41.1 Å². The van der Waals surface area contributed by atoms with Crippen LogP contribution in [0.15, 0.2) is 49.6 Å². The maximum absolute atomic E-state index is 12.9. The van der Waals surface area contributed by atoms with Gasteiger partial charge in [-0.1, -0.05) is 18.7 Å². The Morgan fingerprint density at radius 3 is 2.66 bits per heavy atom. The Morgan fingerprint density at radius 1 is 1.22 bits per heavy atom. The number of pyridine rings is 1. The summed E-state index contributed by atoms with van der Waals surface area (Å²) in [4.78, 5) is 41.6. The predicted octanol–water partition coefficient (Wildman–Crippen LogP) is 4.11. The van der Waals surface area contributed by atoms with Gasteiger partial charge in [-0.05, 0) is 63.3 Å². The molecule has 2 saturated carbocycles. The number of ketones is 2. The molecule has 0 radical (unpaired) electrons. The van der Waals surface area contributed by atoms with Crippen LogP contribution < -0.4 is 10.1 Å². The van der Waals surface area contributed by atoms with E-state index in [4.69, 9.17) is 4.74 Å². The number of allylic oxidation sites excluding steroid dienone is 1. The van der Waals surface area contributed by atoms with E-state index in [1.165, 1.54) is 13.0 Å². The molecule has 2 aliphatic rings. The fourth-order valence-electron chi connectivity index (χ4n) is 4.63. The van der Waals surface area contributed by atoms with Crippen molar-refractivity contribution in [2.75, 3.05) is 0 Å². The number of hydrogen-bond donors (Lipinski definition) is 1. The average molecular weight is 433 g/mol. The lowest BCUT2D eigenvalue weighted by molar-refractivity contribution is -0.130. The van der Waals surface area contributed by atoms with Crippen LogP contribution in [0.1, 0.15) is 48.7 Å². The molecular formula is C26H28N2O4. The zero-order valence-electron chi connectivity index (χ0n) is 18.5. The second-order valence-electron chi connectivity index (χ2n) is 8.91. The molecule has 2 aromatic rings. The summed E-state index contributed by atoms with van der Waals surface area (Å²) in [5, 5.41) is 3.81. The molecule has 2 fully saturated rings. The lowest BCUT2D eigenvalue weighted by Gasteiger charge is -2.19. The van der Waals surface area contributed by atoms with Crippen molar-refractivity contribution in [2.45, 2.75) is 51.2 Å². The number of rotatable bonds is 8. The fraction of sp³-hybridized carbons (Fsp3) is 0.385. The van der Waals surface area contributed by atoms with Gasteiger partial charge >= 0.3 is 0 Å². The first-order valence-electron chi connectivity index (χ1n) is 11.0. The topological polar surface area (TPSA) is 85.4 Å². The summed E-state index contributed by atoms with van der Waals surface area (Å²) >= 11 is 0. The molecule has 1 amide bonds. The van der Waals surface area contributed by atoms with Crippen molar-refractivity contribution in [1.82, 2.24) is 10.3 Å². The van der Waals surface area contributed by atoms with Crippen LogP contribution in [0.3, 0.4) is 0 Å². The largest absolute Gasteiger partial charge is 0.490 e. The lowest BCUT2D eigenvalue weighted by Crippen LogP contribution is -2.46. The first-order valence-corrected chi connectivity index (χ1v) is 11.0. The average Bonchev–Trinajstić information content (AvgIpc) is 3.29. The van der Waals surface area contributed by atoms with Crippen LogP contribution in [-0.2, 0) is 9.59 Å². The van der Waals surface area contributed by atoms with Gasteiger partial charge in [0.25, 0.3) is 0 Å². The highest BCUT2D eigenvalue weighted by molar-refractivity contribution is 6.05. The number of Topliss-reactive ketones (excluding diaryl/α,β-unsaturated/α-hetero) is 1. The molecule has 4 atom stereocenters. The molecule has 166 valence electrons. The van der Waals surface area contributed by atoms with Crippen molar-refractivity contribution in [3.63, 3.8) is 0 Å². The van der Waals surface area contributed by atoms with Crippen LogP contribution in [0.5, 0.6) is 5.75 Å². The van der Waals surface area contributed by atoms with Crippen LogP contribution in [0.2, 0.25) is 0 Å².